The highest BCUT2D eigenvalue weighted by molar-refractivity contribution is 7.00. The van der Waals surface area contributed by atoms with Crippen LogP contribution in [0, 0.1) is 0 Å². The fourth-order valence-corrected chi connectivity index (χ4v) is 22.8. The molecule has 0 saturated carbocycles. The van der Waals surface area contributed by atoms with Gasteiger partial charge in [0.15, 0.2) is 0 Å². The Labute approximate surface area is 631 Å². The second-order valence-electron chi connectivity index (χ2n) is 31.0. The van der Waals surface area contributed by atoms with Gasteiger partial charge in [0.05, 0.1) is 38.7 Å². The molecule has 2 aliphatic heterocycles. The lowest BCUT2D eigenvalue weighted by Crippen LogP contribution is -2.62. The maximum absolute atomic E-state index is 2.80. The van der Waals surface area contributed by atoms with E-state index in [-0.39, 0.29) is 6.71 Å². The summed E-state index contributed by atoms with van der Waals surface area (Å²) in [6, 6.07) is 146. The molecule has 18 aromatic rings. The summed E-state index contributed by atoms with van der Waals surface area (Å²) in [4.78, 5) is 5.57. The van der Waals surface area contributed by atoms with Crippen LogP contribution in [0.4, 0.5) is 34.1 Å². The molecule has 1 aromatic heterocycles. The third-order valence-corrected chi connectivity index (χ3v) is 26.6. The Kier molecular flexibility index (Phi) is 11.2. The number of hydrogen-bond acceptors (Lipinski definition) is 2. The Balaban J connectivity index is 0.870. The van der Waals surface area contributed by atoms with Gasteiger partial charge in [-0.05, 0) is 198 Å². The van der Waals surface area contributed by atoms with Crippen LogP contribution >= 0.6 is 0 Å². The van der Waals surface area contributed by atoms with Gasteiger partial charge >= 0.3 is 0 Å². The van der Waals surface area contributed by atoms with Crippen molar-refractivity contribution in [3.8, 4) is 83.6 Å². The Hall–Kier alpha value is -13.8. The van der Waals surface area contributed by atoms with Crippen molar-refractivity contribution in [2.45, 2.75) is 16.2 Å². The maximum Gasteiger partial charge on any atom is 0.252 e. The third kappa shape index (κ3) is 6.92. The summed E-state index contributed by atoms with van der Waals surface area (Å²) in [6.07, 6.45) is 0. The molecule has 0 N–H and O–H groups in total. The first-order chi connectivity index (χ1) is 54.1. The minimum absolute atomic E-state index is 0.315. The van der Waals surface area contributed by atoms with E-state index in [1.165, 1.54) is 183 Å². The Bertz CT molecular complexity index is 6930. The van der Waals surface area contributed by atoms with Crippen molar-refractivity contribution < 1.29 is 0 Å². The predicted molar refractivity (Wildman–Crippen MR) is 449 cm³/mol. The Morgan fingerprint density at radius 2 is 0.587 bits per heavy atom. The zero-order chi connectivity index (χ0) is 70.7. The molecule has 26 rings (SSSR count). The van der Waals surface area contributed by atoms with Gasteiger partial charge in [0.2, 0.25) is 0 Å². The third-order valence-electron chi connectivity index (χ3n) is 26.6. The molecule has 0 bridgehead atoms. The topological polar surface area (TPSA) is 11.4 Å². The van der Waals surface area contributed by atoms with Crippen LogP contribution in [0.1, 0.15) is 66.8 Å². The van der Waals surface area contributed by atoms with Crippen molar-refractivity contribution in [2.75, 3.05) is 9.80 Å². The molecule has 3 spiro atoms. The number of anilines is 6. The van der Waals surface area contributed by atoms with Gasteiger partial charge in [-0.25, -0.2) is 0 Å². The molecule has 0 saturated heterocycles. The minimum atomic E-state index is -0.719. The van der Waals surface area contributed by atoms with E-state index < -0.39 is 16.2 Å². The molecule has 3 heterocycles. The van der Waals surface area contributed by atoms with E-state index in [4.69, 9.17) is 0 Å². The largest absolute Gasteiger partial charge is 0.311 e. The van der Waals surface area contributed by atoms with Crippen molar-refractivity contribution in [1.82, 2.24) is 4.57 Å². The standard InChI is InChI=1S/C105H62BN3/c1-2-27-63(28-3-1)64-53-55-65(56-54-64)108-97-59-66(107-93-50-24-13-38-76(93)77-39-14-25-51-94(77)107)60-98-101(97)106(91-58-57-79-74-36-11-23-49-89(74)105(100(79)102(91)108)86-46-20-8-33-71(86)72-34-9-21-47-87(72)105)92-62-90-80(75-37-12-17-43-83(75)103(90)81-41-15-4-29-67(81)68-30-5-16-42-82(68)103)61-96(92)109(98)95-52-26-40-78-73-35-10-22-48-88(73)104(99(78)95)84-44-18-6-31-69(84)70-32-7-19-45-85(70)104/h1-62H. The van der Waals surface area contributed by atoms with Gasteiger partial charge in [-0.3, -0.25) is 0 Å². The van der Waals surface area contributed by atoms with Crippen LogP contribution in [-0.4, -0.2) is 11.3 Å². The number of para-hydroxylation sites is 2. The highest BCUT2D eigenvalue weighted by Gasteiger charge is 2.60. The van der Waals surface area contributed by atoms with Crippen LogP contribution in [-0.2, 0) is 16.2 Å². The molecule has 0 radical (unpaired) electrons. The number of benzene rings is 17. The summed E-state index contributed by atoms with van der Waals surface area (Å²) >= 11 is 0. The van der Waals surface area contributed by atoms with Crippen molar-refractivity contribution in [2.24, 2.45) is 0 Å². The van der Waals surface area contributed by atoms with E-state index in [2.05, 4.69) is 390 Å². The van der Waals surface area contributed by atoms with Crippen molar-refractivity contribution in [3.63, 3.8) is 0 Å². The zero-order valence-electron chi connectivity index (χ0n) is 59.2. The summed E-state index contributed by atoms with van der Waals surface area (Å²) in [5, 5.41) is 2.44. The second-order valence-corrected chi connectivity index (χ2v) is 31.0. The molecule has 17 aromatic carbocycles. The smallest absolute Gasteiger partial charge is 0.252 e. The number of aromatic nitrogens is 1. The molecule has 4 heteroatoms. The number of fused-ring (bicyclic) bond motifs is 38. The van der Waals surface area contributed by atoms with Crippen LogP contribution in [0.2, 0.25) is 0 Å². The van der Waals surface area contributed by atoms with Crippen LogP contribution in [0.3, 0.4) is 0 Å². The second kappa shape index (κ2) is 20.8. The van der Waals surface area contributed by atoms with E-state index in [0.717, 1.165) is 39.5 Å². The molecule has 0 atom stereocenters. The Morgan fingerprint density at radius 1 is 0.211 bits per heavy atom. The molecule has 6 aliphatic carbocycles. The summed E-state index contributed by atoms with van der Waals surface area (Å²) in [5.41, 5.74) is 45.5. The fourth-order valence-electron chi connectivity index (χ4n) is 22.8. The first-order valence-corrected chi connectivity index (χ1v) is 38.4. The van der Waals surface area contributed by atoms with E-state index in [1.54, 1.807) is 0 Å². The van der Waals surface area contributed by atoms with Crippen LogP contribution in [0.25, 0.3) is 105 Å². The predicted octanol–water partition coefficient (Wildman–Crippen LogP) is 23.6. The first-order valence-electron chi connectivity index (χ1n) is 38.4. The molecule has 109 heavy (non-hydrogen) atoms. The van der Waals surface area contributed by atoms with Gasteiger partial charge in [0, 0.05) is 50.3 Å². The maximum atomic E-state index is 2.80. The van der Waals surface area contributed by atoms with Crippen molar-refractivity contribution in [1.29, 1.82) is 0 Å². The quantitative estimate of drug-likeness (QED) is 0.163. The lowest BCUT2D eigenvalue weighted by atomic mass is 9.33. The van der Waals surface area contributed by atoms with Crippen LogP contribution < -0.4 is 26.2 Å². The minimum Gasteiger partial charge on any atom is -0.311 e. The highest BCUT2D eigenvalue weighted by atomic mass is 15.2. The molecular weight excluding hydrogens is 1310 g/mol. The average Bonchev–Trinajstić information content (AvgIpc) is 1.53. The summed E-state index contributed by atoms with van der Waals surface area (Å²) in [6.45, 7) is -0.315. The summed E-state index contributed by atoms with van der Waals surface area (Å²) in [5.74, 6) is 0. The Morgan fingerprint density at radius 3 is 1.07 bits per heavy atom. The molecule has 0 fully saturated rings. The van der Waals surface area contributed by atoms with Crippen molar-refractivity contribution in [3.05, 3.63) is 443 Å². The zero-order valence-corrected chi connectivity index (χ0v) is 59.2. The van der Waals surface area contributed by atoms with Crippen molar-refractivity contribution >= 4 is 79.0 Å². The van der Waals surface area contributed by atoms with E-state index >= 15 is 0 Å². The van der Waals surface area contributed by atoms with Gasteiger partial charge in [0.25, 0.3) is 6.71 Å². The van der Waals surface area contributed by atoms with Gasteiger partial charge in [-0.2, -0.15) is 0 Å². The highest BCUT2D eigenvalue weighted by Crippen LogP contribution is 2.70. The molecule has 0 amide bonds. The molecule has 3 nitrogen and oxygen atoms in total. The van der Waals surface area contributed by atoms with Gasteiger partial charge in [-0.15, -0.1) is 0 Å². The molecule has 8 aliphatic rings. The van der Waals surface area contributed by atoms with Crippen LogP contribution in [0.5, 0.6) is 0 Å². The summed E-state index contributed by atoms with van der Waals surface area (Å²) < 4.78 is 2.58. The molecular formula is C105H62BN3. The van der Waals surface area contributed by atoms with E-state index in [1.807, 2.05) is 0 Å². The SMILES string of the molecule is c1ccc(-c2ccc(N3c4cc(-n5c6ccccc6c6ccccc65)cc5c4B(c4cc6c(cc4N5c4cccc5c4C4(c7ccccc7-c7ccccc74)c4ccccc4-5)-c4ccccc4C64c5ccccc5-c5ccccc54)c4ccc5c(c43)C3(c4ccccc4-c4ccccc43)c3ccccc3-5)cc2)cc1. The molecule has 500 valence electrons. The van der Waals surface area contributed by atoms with Gasteiger partial charge in [0.1, 0.15) is 0 Å². The lowest BCUT2D eigenvalue weighted by molar-refractivity contribution is 0.792. The van der Waals surface area contributed by atoms with E-state index in [0.29, 0.717) is 0 Å². The van der Waals surface area contributed by atoms with Crippen LogP contribution in [0.15, 0.2) is 376 Å². The summed E-state index contributed by atoms with van der Waals surface area (Å²) in [7, 11) is 0. The lowest BCUT2D eigenvalue weighted by Gasteiger charge is -2.47. The van der Waals surface area contributed by atoms with Gasteiger partial charge in [-0.1, -0.05) is 328 Å². The first kappa shape index (κ1) is 58.5. The fraction of sp³-hybridized carbons (Fsp3) is 0.0286. The number of hydrogen-bond donors (Lipinski definition) is 0. The number of rotatable bonds is 4. The average molecular weight is 1380 g/mol. The normalized spacial score (nSPS) is 15.0. The monoisotopic (exact) mass is 1380 g/mol. The molecule has 0 unspecified atom stereocenters. The van der Waals surface area contributed by atoms with E-state index in [9.17, 15) is 0 Å². The number of nitrogens with zero attached hydrogens (tertiary/aromatic N) is 3. The van der Waals surface area contributed by atoms with Gasteiger partial charge < -0.3 is 14.4 Å².